The summed E-state index contributed by atoms with van der Waals surface area (Å²) < 4.78 is 64.5. The van der Waals surface area contributed by atoms with E-state index in [0.717, 1.165) is 0 Å². The molecule has 83 heavy (non-hydrogen) atoms. The highest BCUT2D eigenvalue weighted by Gasteiger charge is 2.53. The Kier molecular flexibility index (Phi) is 23.2. The van der Waals surface area contributed by atoms with Crippen molar-refractivity contribution < 1.29 is 91.8 Å². The van der Waals surface area contributed by atoms with Crippen LogP contribution in [0.1, 0.15) is 108 Å². The van der Waals surface area contributed by atoms with Crippen molar-refractivity contribution in [2.75, 3.05) is 90.0 Å². The van der Waals surface area contributed by atoms with Crippen LogP contribution in [0, 0.1) is 23.6 Å². The van der Waals surface area contributed by atoms with Crippen molar-refractivity contribution in [1.82, 2.24) is 20.0 Å². The number of likely N-dealkylation sites (N-methyl/N-ethyl adjacent to an activating group) is 1. The molecule has 0 radical (unpaired) electrons. The van der Waals surface area contributed by atoms with Gasteiger partial charge in [0.15, 0.2) is 19.2 Å². The predicted octanol–water partition coefficient (Wildman–Crippen LogP) is 2.15. The number of rotatable bonds is 16. The summed E-state index contributed by atoms with van der Waals surface area (Å²) in [6.07, 6.45) is -11.7. The van der Waals surface area contributed by atoms with Crippen LogP contribution < -0.4 is 15.1 Å². The van der Waals surface area contributed by atoms with Crippen LogP contribution in [0.4, 0.5) is 20.6 Å². The quantitative estimate of drug-likeness (QED) is 0.102. The van der Waals surface area contributed by atoms with Crippen LogP contribution in [-0.4, -0.2) is 247 Å². The molecule has 0 saturated carbocycles. The van der Waals surface area contributed by atoms with Crippen molar-refractivity contribution in [2.45, 2.75) is 205 Å². The number of ether oxygens (including phenoxy) is 8. The Morgan fingerprint density at radius 1 is 0.904 bits per heavy atom. The highest BCUT2D eigenvalue weighted by Crippen LogP contribution is 2.41. The fraction of sp³-hybridized carbons (Fsp3) is 0.810. The summed E-state index contributed by atoms with van der Waals surface area (Å²) in [6.45, 7) is 18.9. The fourth-order valence-corrected chi connectivity index (χ4v) is 12.6. The highest BCUT2D eigenvalue weighted by molar-refractivity contribution is 5.90. The Balaban J connectivity index is 1.19. The van der Waals surface area contributed by atoms with Gasteiger partial charge in [0.1, 0.15) is 35.8 Å². The summed E-state index contributed by atoms with van der Waals surface area (Å²) in [4.78, 5) is 73.9. The second kappa shape index (κ2) is 28.4. The van der Waals surface area contributed by atoms with Gasteiger partial charge in [0.25, 0.3) is 5.91 Å². The number of carbonyl (C=O) groups excluding carboxylic acids is 5. The number of nitrogens with zero attached hydrogens (tertiary/aromatic N) is 5. The van der Waals surface area contributed by atoms with E-state index in [-0.39, 0.29) is 95.7 Å². The Morgan fingerprint density at radius 2 is 1.58 bits per heavy atom. The molecule has 5 fully saturated rings. The van der Waals surface area contributed by atoms with E-state index in [0.29, 0.717) is 12.1 Å². The SMILES string of the molecule is CC[C@H]1OC(=O)[C@H](C)[C@@H](O[C@H]2C[C@@](C)(OC)[C@@H](O)[C@H](C)O2)[C@H](C)[C@@H](O[C@@H]2O[C@H](C)C[C@H](N(C)C)[C@H]2O)[C@](C)(O)C[C@@H](C)N(CCC(=O)OCC(=O)N2CCN(c3ccc(N4C[C@H](CNC(C)=O)OC4=O)cc3F)CC2)C[C@H](C)[C@H](O)[C@@]1(C)O. The minimum absolute atomic E-state index is 0.00689. The van der Waals surface area contributed by atoms with Gasteiger partial charge in [0.05, 0.1) is 78.5 Å². The number of cyclic esters (lactones) is 2. The molecule has 0 aromatic heterocycles. The standard InChI is InChI=1S/C58H95FN6O18/c1-15-44-58(11,75)50(70)32(2)29-64(19-18-46(68)77-31-45(67)63-22-20-62(21-23-63)42-17-16-39(25-41(42)59)65-30-40(80-55(65)73)28-60-38(8)66)33(3)26-56(9,74)52(83-54-48(69)43(61(12)13)24-34(4)78-54)35(5)49(36(6)53(72)81-44)82-47-27-57(10,76-14)51(71)37(7)79-47/h16-17,25,32-37,40,43-44,47-52,54,69-71,74-75H,15,18-24,26-31H2,1-14H3,(H,60,66)/t32-,33+,34+,35-,36+,37-,40-,43-,44+,47-,48+,49-,50-,51-,52+,54-,56+,57+,58-/m0/s1. The second-order valence-corrected chi connectivity index (χ2v) is 24.7. The summed E-state index contributed by atoms with van der Waals surface area (Å²) in [5, 5.41) is 62.8. The number of piperazine rings is 1. The lowest BCUT2D eigenvalue weighted by atomic mass is 9.78. The number of anilines is 2. The maximum Gasteiger partial charge on any atom is 0.414 e. The van der Waals surface area contributed by atoms with Gasteiger partial charge in [-0.25, -0.2) is 9.18 Å². The summed E-state index contributed by atoms with van der Waals surface area (Å²) >= 11 is 0. The number of methoxy groups -OCH3 is 1. The zero-order valence-electron chi connectivity index (χ0n) is 51.0. The maximum absolute atomic E-state index is 15.6. The largest absolute Gasteiger partial charge is 0.459 e. The van der Waals surface area contributed by atoms with E-state index < -0.39 is 144 Å². The molecular weight excluding hydrogens is 1090 g/mol. The summed E-state index contributed by atoms with van der Waals surface area (Å²) in [7, 11) is 5.14. The molecule has 5 aliphatic heterocycles. The van der Waals surface area contributed by atoms with Gasteiger partial charge in [-0.2, -0.15) is 0 Å². The molecule has 1 aromatic carbocycles. The third-order valence-electron chi connectivity index (χ3n) is 17.7. The normalized spacial score (nSPS) is 38.3. The van der Waals surface area contributed by atoms with E-state index in [4.69, 9.17) is 37.9 Å². The molecule has 1 aromatic rings. The van der Waals surface area contributed by atoms with E-state index in [1.165, 1.54) is 36.8 Å². The average Bonchev–Trinajstić information content (AvgIpc) is 3.90. The van der Waals surface area contributed by atoms with E-state index in [1.807, 2.05) is 37.7 Å². The van der Waals surface area contributed by atoms with Crippen LogP contribution in [0.25, 0.3) is 0 Å². The van der Waals surface area contributed by atoms with Crippen molar-refractivity contribution in [3.8, 4) is 0 Å². The van der Waals surface area contributed by atoms with Crippen molar-refractivity contribution in [2.24, 2.45) is 17.8 Å². The molecule has 5 heterocycles. The minimum atomic E-state index is -2.00. The Labute approximate surface area is 488 Å². The summed E-state index contributed by atoms with van der Waals surface area (Å²) in [5.74, 6) is -5.60. The van der Waals surface area contributed by atoms with Crippen LogP contribution in [-0.2, 0) is 57.1 Å². The molecular formula is C58H95FN6O18. The first-order chi connectivity index (χ1) is 38.8. The molecule has 24 nitrogen and oxygen atoms in total. The van der Waals surface area contributed by atoms with Gasteiger partial charge in [0.2, 0.25) is 5.91 Å². The van der Waals surface area contributed by atoms with Gasteiger partial charge in [0, 0.05) is 77.7 Å². The van der Waals surface area contributed by atoms with Crippen LogP contribution in [0.5, 0.6) is 0 Å². The van der Waals surface area contributed by atoms with Crippen molar-refractivity contribution in [1.29, 1.82) is 0 Å². The van der Waals surface area contributed by atoms with E-state index in [9.17, 15) is 49.5 Å². The molecule has 5 aliphatic rings. The molecule has 0 aliphatic carbocycles. The van der Waals surface area contributed by atoms with Gasteiger partial charge in [-0.1, -0.05) is 20.8 Å². The van der Waals surface area contributed by atoms with Crippen LogP contribution >= 0.6 is 0 Å². The number of hydrogen-bond donors (Lipinski definition) is 6. The van der Waals surface area contributed by atoms with E-state index >= 15 is 4.39 Å². The number of amides is 3. The van der Waals surface area contributed by atoms with Crippen molar-refractivity contribution >= 4 is 41.2 Å². The summed E-state index contributed by atoms with van der Waals surface area (Å²) in [6, 6.07) is 3.40. The van der Waals surface area contributed by atoms with Crippen LogP contribution in [0.3, 0.4) is 0 Å². The molecule has 25 heteroatoms. The zero-order valence-corrected chi connectivity index (χ0v) is 51.0. The van der Waals surface area contributed by atoms with Crippen molar-refractivity contribution in [3.05, 3.63) is 24.0 Å². The monoisotopic (exact) mass is 1180 g/mol. The topological polar surface area (TPSA) is 289 Å². The molecule has 19 atom stereocenters. The third-order valence-corrected chi connectivity index (χ3v) is 17.7. The number of halogens is 1. The molecule has 0 unspecified atom stereocenters. The smallest absolute Gasteiger partial charge is 0.414 e. The number of esters is 2. The first-order valence-electron chi connectivity index (χ1n) is 29.3. The van der Waals surface area contributed by atoms with Gasteiger partial charge in [-0.05, 0) is 106 Å². The molecule has 6 N–H and O–H groups in total. The number of aliphatic hydroxyl groups excluding tert-OH is 3. The Bertz CT molecular complexity index is 2360. The first kappa shape index (κ1) is 67.7. The Hall–Kier alpha value is -4.38. The number of aliphatic hydroxyl groups is 5. The first-order valence-corrected chi connectivity index (χ1v) is 29.3. The number of benzene rings is 1. The number of hydrogen-bond acceptors (Lipinski definition) is 21. The van der Waals surface area contributed by atoms with Crippen LogP contribution in [0.15, 0.2) is 18.2 Å². The second-order valence-electron chi connectivity index (χ2n) is 24.7. The van der Waals surface area contributed by atoms with E-state index in [1.54, 1.807) is 65.5 Å². The lowest BCUT2D eigenvalue weighted by molar-refractivity contribution is -0.318. The van der Waals surface area contributed by atoms with Gasteiger partial charge in [-0.15, -0.1) is 0 Å². The fourth-order valence-electron chi connectivity index (χ4n) is 12.6. The average molecular weight is 1180 g/mol. The molecule has 6 rings (SSSR count). The highest BCUT2D eigenvalue weighted by atomic mass is 19.1. The number of carbonyl (C=O) groups is 5. The minimum Gasteiger partial charge on any atom is -0.459 e. The third kappa shape index (κ3) is 16.4. The predicted molar refractivity (Wildman–Crippen MR) is 300 cm³/mol. The molecule has 5 saturated heterocycles. The lowest BCUT2D eigenvalue weighted by Gasteiger charge is -2.49. The molecule has 0 bridgehead atoms. The molecule has 472 valence electrons. The van der Waals surface area contributed by atoms with Gasteiger partial charge in [-0.3, -0.25) is 29.0 Å². The maximum atomic E-state index is 15.6. The summed E-state index contributed by atoms with van der Waals surface area (Å²) in [5.41, 5.74) is -4.39. The zero-order chi connectivity index (χ0) is 61.6. The number of nitrogens with one attached hydrogen (secondary N) is 1. The van der Waals surface area contributed by atoms with E-state index in [2.05, 4.69) is 5.32 Å². The Morgan fingerprint density at radius 3 is 2.19 bits per heavy atom. The van der Waals surface area contributed by atoms with Crippen molar-refractivity contribution in [3.63, 3.8) is 0 Å². The van der Waals surface area contributed by atoms with Gasteiger partial charge >= 0.3 is 18.0 Å². The van der Waals surface area contributed by atoms with Crippen LogP contribution in [0.2, 0.25) is 0 Å². The van der Waals surface area contributed by atoms with Gasteiger partial charge < -0.3 is 83.4 Å². The lowest BCUT2D eigenvalue weighted by Crippen LogP contribution is -2.61. The molecule has 3 amide bonds. The molecule has 0 spiro atoms.